The molecule has 0 radical (unpaired) electrons. The zero-order valence-corrected chi connectivity index (χ0v) is 13.8. The van der Waals surface area contributed by atoms with E-state index >= 15 is 0 Å². The molecule has 1 saturated heterocycles. The molecule has 1 aliphatic rings. The molecular formula is C18H24N2O2. The van der Waals surface area contributed by atoms with Crippen LogP contribution in [0.4, 0.5) is 0 Å². The summed E-state index contributed by atoms with van der Waals surface area (Å²) in [4.78, 5) is 4.66. The van der Waals surface area contributed by atoms with Crippen LogP contribution in [0.5, 0.6) is 5.75 Å². The van der Waals surface area contributed by atoms with Gasteiger partial charge in [-0.2, -0.15) is 0 Å². The molecule has 2 aromatic rings. The standard InChI is InChI=1S/C18H24N2O2/c1-12-11-16(21-4)13(2)14(3)17(12)18-19-7-8-20(18)15-5-9-22-10-6-15/h7-8,11,15H,5-6,9-10H2,1-4H3. The Labute approximate surface area is 132 Å². The van der Waals surface area contributed by atoms with Gasteiger partial charge in [-0.15, -0.1) is 0 Å². The quantitative estimate of drug-likeness (QED) is 0.864. The summed E-state index contributed by atoms with van der Waals surface area (Å²) >= 11 is 0. The number of benzene rings is 1. The predicted octanol–water partition coefficient (Wildman–Crippen LogP) is 3.84. The Hall–Kier alpha value is -1.81. The van der Waals surface area contributed by atoms with Gasteiger partial charge in [0.15, 0.2) is 0 Å². The molecule has 22 heavy (non-hydrogen) atoms. The molecule has 0 aliphatic carbocycles. The number of nitrogens with zero attached hydrogens (tertiary/aromatic N) is 2. The number of rotatable bonds is 3. The third-order valence-electron chi connectivity index (χ3n) is 4.75. The first kappa shape index (κ1) is 15.1. The molecular weight excluding hydrogens is 276 g/mol. The number of hydrogen-bond donors (Lipinski definition) is 0. The fourth-order valence-electron chi connectivity index (χ4n) is 3.37. The molecule has 0 N–H and O–H groups in total. The van der Waals surface area contributed by atoms with E-state index in [4.69, 9.17) is 9.47 Å². The van der Waals surface area contributed by atoms with Crippen LogP contribution in [0, 0.1) is 20.8 Å². The van der Waals surface area contributed by atoms with Gasteiger partial charge in [-0.1, -0.05) is 0 Å². The van der Waals surface area contributed by atoms with Crippen LogP contribution in [-0.4, -0.2) is 29.9 Å². The third kappa shape index (κ3) is 2.52. The van der Waals surface area contributed by atoms with E-state index in [1.807, 2.05) is 6.20 Å². The minimum atomic E-state index is 0.479. The second-order valence-electron chi connectivity index (χ2n) is 6.02. The summed E-state index contributed by atoms with van der Waals surface area (Å²) in [5, 5.41) is 0. The molecule has 0 unspecified atom stereocenters. The van der Waals surface area contributed by atoms with Gasteiger partial charge >= 0.3 is 0 Å². The van der Waals surface area contributed by atoms with Gasteiger partial charge in [0.1, 0.15) is 11.6 Å². The Morgan fingerprint density at radius 3 is 2.59 bits per heavy atom. The summed E-state index contributed by atoms with van der Waals surface area (Å²) in [5.41, 5.74) is 4.87. The van der Waals surface area contributed by atoms with E-state index in [2.05, 4.69) is 42.6 Å². The first-order valence-electron chi connectivity index (χ1n) is 7.89. The van der Waals surface area contributed by atoms with E-state index in [0.29, 0.717) is 6.04 Å². The van der Waals surface area contributed by atoms with Crippen molar-refractivity contribution in [3.05, 3.63) is 35.2 Å². The van der Waals surface area contributed by atoms with Crippen LogP contribution in [0.15, 0.2) is 18.5 Å². The van der Waals surface area contributed by atoms with Gasteiger partial charge in [-0.3, -0.25) is 0 Å². The van der Waals surface area contributed by atoms with Crippen molar-refractivity contribution in [1.29, 1.82) is 0 Å². The maximum absolute atomic E-state index is 5.49. The lowest BCUT2D eigenvalue weighted by Gasteiger charge is -2.26. The van der Waals surface area contributed by atoms with E-state index in [9.17, 15) is 0 Å². The van der Waals surface area contributed by atoms with E-state index in [0.717, 1.165) is 37.6 Å². The summed E-state index contributed by atoms with van der Waals surface area (Å²) in [6, 6.07) is 2.59. The van der Waals surface area contributed by atoms with Crippen molar-refractivity contribution in [3.63, 3.8) is 0 Å². The summed E-state index contributed by atoms with van der Waals surface area (Å²) in [6.45, 7) is 8.07. The molecule has 118 valence electrons. The second-order valence-corrected chi connectivity index (χ2v) is 6.02. The average molecular weight is 300 g/mol. The lowest BCUT2D eigenvalue weighted by molar-refractivity contribution is 0.0700. The van der Waals surface area contributed by atoms with Crippen molar-refractivity contribution in [2.75, 3.05) is 20.3 Å². The third-order valence-corrected chi connectivity index (χ3v) is 4.75. The van der Waals surface area contributed by atoms with Crippen LogP contribution in [0.2, 0.25) is 0 Å². The van der Waals surface area contributed by atoms with Crippen molar-refractivity contribution >= 4 is 0 Å². The molecule has 1 fully saturated rings. The first-order chi connectivity index (χ1) is 10.6. The van der Waals surface area contributed by atoms with Crippen LogP contribution in [-0.2, 0) is 4.74 Å². The van der Waals surface area contributed by atoms with Crippen LogP contribution in [0.25, 0.3) is 11.4 Å². The van der Waals surface area contributed by atoms with Crippen LogP contribution in [0.3, 0.4) is 0 Å². The van der Waals surface area contributed by atoms with E-state index < -0.39 is 0 Å². The molecule has 0 atom stereocenters. The van der Waals surface area contributed by atoms with Gasteiger partial charge < -0.3 is 14.0 Å². The average Bonchev–Trinajstić information content (AvgIpc) is 3.01. The number of ether oxygens (including phenoxy) is 2. The minimum absolute atomic E-state index is 0.479. The molecule has 0 spiro atoms. The van der Waals surface area contributed by atoms with Crippen molar-refractivity contribution < 1.29 is 9.47 Å². The van der Waals surface area contributed by atoms with Gasteiger partial charge in [-0.25, -0.2) is 4.98 Å². The summed E-state index contributed by atoms with van der Waals surface area (Å²) < 4.78 is 13.3. The highest BCUT2D eigenvalue weighted by Crippen LogP contribution is 2.35. The van der Waals surface area contributed by atoms with Crippen LogP contribution < -0.4 is 4.74 Å². The van der Waals surface area contributed by atoms with Crippen LogP contribution >= 0.6 is 0 Å². The Morgan fingerprint density at radius 2 is 1.91 bits per heavy atom. The fourth-order valence-corrected chi connectivity index (χ4v) is 3.37. The smallest absolute Gasteiger partial charge is 0.140 e. The maximum Gasteiger partial charge on any atom is 0.140 e. The number of methoxy groups -OCH3 is 1. The van der Waals surface area contributed by atoms with Gasteiger partial charge in [-0.05, 0) is 56.4 Å². The molecule has 3 rings (SSSR count). The molecule has 2 heterocycles. The van der Waals surface area contributed by atoms with Crippen molar-refractivity contribution in [3.8, 4) is 17.1 Å². The maximum atomic E-state index is 5.49. The normalized spacial score (nSPS) is 16.0. The summed E-state index contributed by atoms with van der Waals surface area (Å²) in [7, 11) is 1.73. The Balaban J connectivity index is 2.09. The van der Waals surface area contributed by atoms with E-state index in [1.165, 1.54) is 22.3 Å². The first-order valence-corrected chi connectivity index (χ1v) is 7.89. The van der Waals surface area contributed by atoms with Crippen LogP contribution in [0.1, 0.15) is 35.6 Å². The Morgan fingerprint density at radius 1 is 1.18 bits per heavy atom. The monoisotopic (exact) mass is 300 g/mol. The highest BCUT2D eigenvalue weighted by Gasteiger charge is 2.22. The molecule has 1 aliphatic heterocycles. The predicted molar refractivity (Wildman–Crippen MR) is 87.5 cm³/mol. The van der Waals surface area contributed by atoms with Crippen molar-refractivity contribution in [2.45, 2.75) is 39.7 Å². The fraction of sp³-hybridized carbons (Fsp3) is 0.500. The molecule has 4 nitrogen and oxygen atoms in total. The largest absolute Gasteiger partial charge is 0.496 e. The van der Waals surface area contributed by atoms with Gasteiger partial charge in [0.05, 0.1) is 7.11 Å². The second kappa shape index (κ2) is 6.13. The lowest BCUT2D eigenvalue weighted by atomic mass is 9.96. The topological polar surface area (TPSA) is 36.3 Å². The number of imidazole rings is 1. The van der Waals surface area contributed by atoms with Gasteiger partial charge in [0.2, 0.25) is 0 Å². The van der Waals surface area contributed by atoms with Gasteiger partial charge in [0, 0.05) is 37.2 Å². The molecule has 1 aromatic heterocycles. The van der Waals surface area contributed by atoms with E-state index in [-0.39, 0.29) is 0 Å². The summed E-state index contributed by atoms with van der Waals surface area (Å²) in [6.07, 6.45) is 6.11. The molecule has 0 bridgehead atoms. The SMILES string of the molecule is COc1cc(C)c(-c2nccn2C2CCOCC2)c(C)c1C. The number of hydrogen-bond acceptors (Lipinski definition) is 3. The molecule has 4 heteroatoms. The van der Waals surface area contributed by atoms with Gasteiger partial charge in [0.25, 0.3) is 0 Å². The van der Waals surface area contributed by atoms with Crippen molar-refractivity contribution in [2.24, 2.45) is 0 Å². The number of aromatic nitrogens is 2. The zero-order chi connectivity index (χ0) is 15.7. The van der Waals surface area contributed by atoms with E-state index in [1.54, 1.807) is 7.11 Å². The molecule has 0 amide bonds. The highest BCUT2D eigenvalue weighted by molar-refractivity contribution is 5.69. The number of aryl methyl sites for hydroxylation is 1. The minimum Gasteiger partial charge on any atom is -0.496 e. The molecule has 0 saturated carbocycles. The summed E-state index contributed by atoms with van der Waals surface area (Å²) in [5.74, 6) is 2.01. The molecule has 1 aromatic carbocycles. The zero-order valence-electron chi connectivity index (χ0n) is 13.8. The van der Waals surface area contributed by atoms with Crippen molar-refractivity contribution in [1.82, 2.24) is 9.55 Å². The Kier molecular flexibility index (Phi) is 4.21. The Bertz CT molecular complexity index is 670. The highest BCUT2D eigenvalue weighted by atomic mass is 16.5. The lowest BCUT2D eigenvalue weighted by Crippen LogP contribution is -2.20.